The van der Waals surface area contributed by atoms with Crippen LogP contribution in [0.4, 0.5) is 4.79 Å². The van der Waals surface area contributed by atoms with E-state index in [0.29, 0.717) is 25.7 Å². The molecule has 140 valence electrons. The second-order valence-electron chi connectivity index (χ2n) is 7.14. The SMILES string of the molecule is CC(C)OCc1cccc(CNC(=O)NC[C@@H]2CN(C)CCN2C)c1. The molecular weight excluding hydrogens is 316 g/mol. The van der Waals surface area contributed by atoms with E-state index in [1.54, 1.807) is 0 Å². The third-order valence-electron chi connectivity index (χ3n) is 4.51. The summed E-state index contributed by atoms with van der Waals surface area (Å²) in [5.41, 5.74) is 2.20. The van der Waals surface area contributed by atoms with Crippen LogP contribution in [0.1, 0.15) is 25.0 Å². The van der Waals surface area contributed by atoms with Crippen molar-refractivity contribution in [3.05, 3.63) is 35.4 Å². The molecule has 1 saturated heterocycles. The number of carbonyl (C=O) groups excluding carboxylic acids is 1. The highest BCUT2D eigenvalue weighted by molar-refractivity contribution is 5.73. The number of nitrogens with zero attached hydrogens (tertiary/aromatic N) is 2. The zero-order chi connectivity index (χ0) is 18.2. The summed E-state index contributed by atoms with van der Waals surface area (Å²) in [7, 11) is 4.23. The molecule has 2 rings (SSSR count). The molecule has 1 heterocycles. The summed E-state index contributed by atoms with van der Waals surface area (Å²) in [6.07, 6.45) is 0.213. The maximum absolute atomic E-state index is 12.1. The number of benzene rings is 1. The van der Waals surface area contributed by atoms with Crippen molar-refractivity contribution < 1.29 is 9.53 Å². The normalized spacial score (nSPS) is 19.2. The molecule has 0 aromatic heterocycles. The second-order valence-corrected chi connectivity index (χ2v) is 7.14. The molecule has 2 N–H and O–H groups in total. The Hall–Kier alpha value is -1.63. The lowest BCUT2D eigenvalue weighted by molar-refractivity contribution is 0.0657. The van der Waals surface area contributed by atoms with Crippen molar-refractivity contribution in [3.8, 4) is 0 Å². The molecule has 0 bridgehead atoms. The number of hydrogen-bond acceptors (Lipinski definition) is 4. The van der Waals surface area contributed by atoms with E-state index >= 15 is 0 Å². The standard InChI is InChI=1S/C19H32N4O2/c1-15(2)25-14-17-7-5-6-16(10-17)11-20-19(24)21-12-18-13-22(3)8-9-23(18)4/h5-7,10,15,18H,8-9,11-14H2,1-4H3,(H2,20,21,24)/t18-/m1/s1. The van der Waals surface area contributed by atoms with Crippen LogP contribution in [0.2, 0.25) is 0 Å². The predicted octanol–water partition coefficient (Wildman–Crippen LogP) is 1.66. The number of urea groups is 1. The molecule has 0 aliphatic carbocycles. The Morgan fingerprint density at radius 3 is 2.76 bits per heavy atom. The summed E-state index contributed by atoms with van der Waals surface area (Å²) in [6, 6.07) is 8.38. The van der Waals surface area contributed by atoms with E-state index in [4.69, 9.17) is 4.74 Å². The molecule has 6 nitrogen and oxygen atoms in total. The lowest BCUT2D eigenvalue weighted by Crippen LogP contribution is -2.55. The summed E-state index contributed by atoms with van der Waals surface area (Å²) >= 11 is 0. The fraction of sp³-hybridized carbons (Fsp3) is 0.632. The summed E-state index contributed by atoms with van der Waals surface area (Å²) < 4.78 is 5.62. The predicted molar refractivity (Wildman–Crippen MR) is 101 cm³/mol. The zero-order valence-electron chi connectivity index (χ0n) is 15.9. The Morgan fingerprint density at radius 2 is 2.00 bits per heavy atom. The van der Waals surface area contributed by atoms with Gasteiger partial charge in [0.05, 0.1) is 12.7 Å². The van der Waals surface area contributed by atoms with Crippen molar-refractivity contribution in [3.63, 3.8) is 0 Å². The van der Waals surface area contributed by atoms with Crippen LogP contribution in [-0.2, 0) is 17.9 Å². The van der Waals surface area contributed by atoms with E-state index in [9.17, 15) is 4.79 Å². The van der Waals surface area contributed by atoms with Crippen LogP contribution in [0.15, 0.2) is 24.3 Å². The summed E-state index contributed by atoms with van der Waals surface area (Å²) in [4.78, 5) is 16.7. The van der Waals surface area contributed by atoms with Gasteiger partial charge < -0.3 is 20.3 Å². The molecule has 2 amide bonds. The van der Waals surface area contributed by atoms with Crippen LogP contribution in [-0.4, -0.2) is 68.3 Å². The molecule has 1 aliphatic rings. The van der Waals surface area contributed by atoms with Gasteiger partial charge in [0.1, 0.15) is 0 Å². The number of piperazine rings is 1. The maximum atomic E-state index is 12.1. The van der Waals surface area contributed by atoms with Crippen molar-refractivity contribution in [1.29, 1.82) is 0 Å². The van der Waals surface area contributed by atoms with E-state index in [-0.39, 0.29) is 12.1 Å². The van der Waals surface area contributed by atoms with E-state index < -0.39 is 0 Å². The Balaban J connectivity index is 1.73. The van der Waals surface area contributed by atoms with Crippen LogP contribution >= 0.6 is 0 Å². The first kappa shape index (κ1) is 19.7. The van der Waals surface area contributed by atoms with Crippen LogP contribution in [0.3, 0.4) is 0 Å². The topological polar surface area (TPSA) is 56.8 Å². The molecule has 25 heavy (non-hydrogen) atoms. The Labute approximate surface area is 151 Å². The maximum Gasteiger partial charge on any atom is 0.315 e. The van der Waals surface area contributed by atoms with Crippen molar-refractivity contribution in [1.82, 2.24) is 20.4 Å². The number of hydrogen-bond donors (Lipinski definition) is 2. The van der Waals surface area contributed by atoms with Gasteiger partial charge in [-0.25, -0.2) is 4.79 Å². The molecule has 0 saturated carbocycles. The molecule has 6 heteroatoms. The van der Waals surface area contributed by atoms with Gasteiger partial charge in [0, 0.05) is 38.8 Å². The monoisotopic (exact) mass is 348 g/mol. The minimum Gasteiger partial charge on any atom is -0.374 e. The van der Waals surface area contributed by atoms with E-state index in [1.165, 1.54) is 0 Å². The largest absolute Gasteiger partial charge is 0.374 e. The van der Waals surface area contributed by atoms with Gasteiger partial charge >= 0.3 is 6.03 Å². The zero-order valence-corrected chi connectivity index (χ0v) is 15.9. The van der Waals surface area contributed by atoms with Gasteiger partial charge in [0.2, 0.25) is 0 Å². The highest BCUT2D eigenvalue weighted by Crippen LogP contribution is 2.08. The number of rotatable bonds is 7. The first-order chi connectivity index (χ1) is 11.9. The Bertz CT molecular complexity index is 550. The fourth-order valence-corrected chi connectivity index (χ4v) is 2.87. The number of nitrogens with one attached hydrogen (secondary N) is 2. The molecule has 1 atom stereocenters. The quantitative estimate of drug-likeness (QED) is 0.787. The molecule has 1 aliphatic heterocycles. The summed E-state index contributed by atoms with van der Waals surface area (Å²) in [6.45, 7) is 8.92. The number of amides is 2. The summed E-state index contributed by atoms with van der Waals surface area (Å²) in [5, 5.41) is 5.92. The molecule has 1 aromatic carbocycles. The highest BCUT2D eigenvalue weighted by atomic mass is 16.5. The van der Waals surface area contributed by atoms with E-state index in [0.717, 1.165) is 30.8 Å². The first-order valence-corrected chi connectivity index (χ1v) is 9.04. The minimum atomic E-state index is -0.120. The van der Waals surface area contributed by atoms with Crippen molar-refractivity contribution in [2.24, 2.45) is 0 Å². The second kappa shape index (κ2) is 9.75. The van der Waals surface area contributed by atoms with Gasteiger partial charge in [-0.3, -0.25) is 4.90 Å². The van der Waals surface area contributed by atoms with Crippen LogP contribution in [0.5, 0.6) is 0 Å². The lowest BCUT2D eigenvalue weighted by Gasteiger charge is -2.37. The highest BCUT2D eigenvalue weighted by Gasteiger charge is 2.22. The molecule has 0 radical (unpaired) electrons. The van der Waals surface area contributed by atoms with E-state index in [2.05, 4.69) is 40.6 Å². The fourth-order valence-electron chi connectivity index (χ4n) is 2.87. The van der Waals surface area contributed by atoms with Gasteiger partial charge in [-0.2, -0.15) is 0 Å². The molecule has 0 unspecified atom stereocenters. The number of carbonyl (C=O) groups is 1. The van der Waals surface area contributed by atoms with Crippen molar-refractivity contribution >= 4 is 6.03 Å². The smallest absolute Gasteiger partial charge is 0.315 e. The molecule has 0 spiro atoms. The first-order valence-electron chi connectivity index (χ1n) is 9.04. The average Bonchev–Trinajstić information content (AvgIpc) is 2.59. The third-order valence-corrected chi connectivity index (χ3v) is 4.51. The van der Waals surface area contributed by atoms with Crippen LogP contribution in [0, 0.1) is 0 Å². The Morgan fingerprint density at radius 1 is 1.24 bits per heavy atom. The van der Waals surface area contributed by atoms with Crippen molar-refractivity contribution in [2.75, 3.05) is 40.3 Å². The van der Waals surface area contributed by atoms with Gasteiger partial charge in [0.25, 0.3) is 0 Å². The average molecular weight is 348 g/mol. The summed E-state index contributed by atoms with van der Waals surface area (Å²) in [5.74, 6) is 0. The lowest BCUT2D eigenvalue weighted by atomic mass is 10.1. The van der Waals surface area contributed by atoms with Crippen LogP contribution in [0.25, 0.3) is 0 Å². The molecule has 1 aromatic rings. The number of likely N-dealkylation sites (N-methyl/N-ethyl adjacent to an activating group) is 2. The van der Waals surface area contributed by atoms with Gasteiger partial charge in [-0.15, -0.1) is 0 Å². The van der Waals surface area contributed by atoms with Gasteiger partial charge in [-0.1, -0.05) is 24.3 Å². The van der Waals surface area contributed by atoms with Crippen molar-refractivity contribution in [2.45, 2.75) is 39.1 Å². The van der Waals surface area contributed by atoms with E-state index in [1.807, 2.05) is 32.0 Å². The number of ether oxygens (including phenoxy) is 1. The molecule has 1 fully saturated rings. The minimum absolute atomic E-state index is 0.120. The molecular formula is C19H32N4O2. The van der Waals surface area contributed by atoms with Gasteiger partial charge in [-0.05, 0) is 39.1 Å². The Kier molecular flexibility index (Phi) is 7.68. The van der Waals surface area contributed by atoms with Gasteiger partial charge in [0.15, 0.2) is 0 Å². The third kappa shape index (κ3) is 7.02. The van der Waals surface area contributed by atoms with Crippen LogP contribution < -0.4 is 10.6 Å².